The summed E-state index contributed by atoms with van der Waals surface area (Å²) in [7, 11) is 5.51. The molecule has 1 aliphatic heterocycles. The van der Waals surface area contributed by atoms with Gasteiger partial charge in [0.2, 0.25) is 0 Å². The monoisotopic (exact) mass is 232 g/mol. The Hall–Kier alpha value is -0.650. The van der Waals surface area contributed by atoms with Crippen molar-refractivity contribution in [3.63, 3.8) is 0 Å². The number of aliphatic hydroxyl groups excluding tert-OH is 1. The lowest BCUT2D eigenvalue weighted by Gasteiger charge is -2.46. The Morgan fingerprint density at radius 1 is 1.62 bits per heavy atom. The van der Waals surface area contributed by atoms with Crippen molar-refractivity contribution in [2.75, 3.05) is 40.9 Å². The zero-order chi connectivity index (χ0) is 12.4. The van der Waals surface area contributed by atoms with Gasteiger partial charge in [0.05, 0.1) is 34.2 Å². The third-order valence-corrected chi connectivity index (χ3v) is 2.87. The number of hydrogen-bond donors (Lipinski definition) is 1. The van der Waals surface area contributed by atoms with Crippen LogP contribution in [0.4, 0.5) is 0 Å². The summed E-state index contributed by atoms with van der Waals surface area (Å²) in [6.07, 6.45) is 0.0571. The van der Waals surface area contributed by atoms with Crippen molar-refractivity contribution in [2.24, 2.45) is 0 Å². The summed E-state index contributed by atoms with van der Waals surface area (Å²) in [4.78, 5) is 11.2. The summed E-state index contributed by atoms with van der Waals surface area (Å²) in [6, 6.07) is 0. The van der Waals surface area contributed by atoms with E-state index < -0.39 is 5.60 Å². The van der Waals surface area contributed by atoms with Gasteiger partial charge in [-0.3, -0.25) is 4.79 Å². The van der Waals surface area contributed by atoms with Crippen LogP contribution >= 0.6 is 0 Å². The molecular formula is C11H22NO4+. The maximum Gasteiger partial charge on any atom is 0.308 e. The Morgan fingerprint density at radius 3 is 2.75 bits per heavy atom. The maximum atomic E-state index is 11.2. The van der Waals surface area contributed by atoms with Gasteiger partial charge >= 0.3 is 5.97 Å². The largest absolute Gasteiger partial charge is 0.469 e. The van der Waals surface area contributed by atoms with Crippen LogP contribution in [-0.4, -0.2) is 68.2 Å². The summed E-state index contributed by atoms with van der Waals surface area (Å²) >= 11 is 0. The molecule has 1 heterocycles. The maximum absolute atomic E-state index is 11.2. The predicted molar refractivity (Wildman–Crippen MR) is 58.8 cm³/mol. The Bertz CT molecular complexity index is 267. The molecule has 0 aromatic heterocycles. The molecule has 5 heteroatoms. The number of rotatable bonds is 3. The highest BCUT2D eigenvalue weighted by atomic mass is 16.5. The number of methoxy groups -OCH3 is 1. The van der Waals surface area contributed by atoms with E-state index in [4.69, 9.17) is 4.74 Å². The number of carbonyl (C=O) groups excluding carboxylic acids is 1. The quantitative estimate of drug-likeness (QED) is 0.540. The molecular weight excluding hydrogens is 210 g/mol. The first-order valence-electron chi connectivity index (χ1n) is 5.48. The Labute approximate surface area is 96.5 Å². The highest BCUT2D eigenvalue weighted by Crippen LogP contribution is 2.25. The van der Waals surface area contributed by atoms with Gasteiger partial charge in [-0.1, -0.05) is 0 Å². The number of morpholine rings is 1. The van der Waals surface area contributed by atoms with Gasteiger partial charge in [0, 0.05) is 0 Å². The van der Waals surface area contributed by atoms with Crippen LogP contribution in [0.5, 0.6) is 0 Å². The fraction of sp³-hybridized carbons (Fsp3) is 0.909. The van der Waals surface area contributed by atoms with Crippen molar-refractivity contribution in [1.82, 2.24) is 0 Å². The molecule has 1 saturated heterocycles. The smallest absolute Gasteiger partial charge is 0.308 e. The minimum atomic E-state index is -0.569. The summed E-state index contributed by atoms with van der Waals surface area (Å²) in [5.41, 5.74) is -0.569. The molecule has 2 atom stereocenters. The molecule has 0 aliphatic carbocycles. The molecule has 5 nitrogen and oxygen atoms in total. The zero-order valence-corrected chi connectivity index (χ0v) is 10.5. The Morgan fingerprint density at radius 2 is 2.25 bits per heavy atom. The van der Waals surface area contributed by atoms with Crippen LogP contribution in [0.2, 0.25) is 0 Å². The van der Waals surface area contributed by atoms with Crippen LogP contribution in [0.15, 0.2) is 0 Å². The minimum Gasteiger partial charge on any atom is -0.469 e. The molecule has 0 spiro atoms. The first kappa shape index (κ1) is 13.4. The average molecular weight is 232 g/mol. The van der Waals surface area contributed by atoms with Crippen molar-refractivity contribution < 1.29 is 23.9 Å². The molecule has 1 aliphatic rings. The van der Waals surface area contributed by atoms with Gasteiger partial charge in [-0.05, 0) is 6.92 Å². The zero-order valence-electron chi connectivity index (χ0n) is 10.5. The minimum absolute atomic E-state index is 0.0354. The van der Waals surface area contributed by atoms with Crippen LogP contribution < -0.4 is 0 Å². The number of esters is 1. The van der Waals surface area contributed by atoms with Gasteiger partial charge in [-0.15, -0.1) is 0 Å². The van der Waals surface area contributed by atoms with Gasteiger partial charge < -0.3 is 19.1 Å². The third-order valence-electron chi connectivity index (χ3n) is 2.87. The van der Waals surface area contributed by atoms with Crippen LogP contribution in [0.3, 0.4) is 0 Å². The highest BCUT2D eigenvalue weighted by molar-refractivity contribution is 5.69. The first-order valence-corrected chi connectivity index (χ1v) is 5.48. The van der Waals surface area contributed by atoms with Gasteiger partial charge in [-0.2, -0.15) is 0 Å². The fourth-order valence-electron chi connectivity index (χ4n) is 2.46. The van der Waals surface area contributed by atoms with Gasteiger partial charge in [0.15, 0.2) is 0 Å². The van der Waals surface area contributed by atoms with E-state index in [2.05, 4.69) is 18.8 Å². The Balaban J connectivity index is 2.69. The van der Waals surface area contributed by atoms with Crippen LogP contribution in [0.25, 0.3) is 0 Å². The fourth-order valence-corrected chi connectivity index (χ4v) is 2.46. The second-order valence-electron chi connectivity index (χ2n) is 5.40. The molecule has 1 N–H and O–H groups in total. The van der Waals surface area contributed by atoms with Crippen molar-refractivity contribution >= 4 is 5.97 Å². The van der Waals surface area contributed by atoms with Crippen molar-refractivity contribution in [2.45, 2.75) is 25.0 Å². The van der Waals surface area contributed by atoms with E-state index in [9.17, 15) is 9.90 Å². The van der Waals surface area contributed by atoms with Crippen molar-refractivity contribution in [3.8, 4) is 0 Å². The third kappa shape index (κ3) is 3.43. The van der Waals surface area contributed by atoms with E-state index in [1.54, 1.807) is 0 Å². The SMILES string of the molecule is COC(=O)C[C@@H]1C[N+](C)(C)C[C@](C)(CO)O1. The lowest BCUT2D eigenvalue weighted by molar-refractivity contribution is -0.909. The molecule has 16 heavy (non-hydrogen) atoms. The second kappa shape index (κ2) is 4.69. The van der Waals surface area contributed by atoms with E-state index in [-0.39, 0.29) is 25.1 Å². The number of carbonyl (C=O) groups is 1. The first-order chi connectivity index (χ1) is 7.30. The molecule has 0 unspecified atom stereocenters. The molecule has 1 rings (SSSR count). The molecule has 0 amide bonds. The summed E-state index contributed by atoms with van der Waals surface area (Å²) in [5, 5.41) is 9.34. The lowest BCUT2D eigenvalue weighted by atomic mass is 10.0. The normalized spacial score (nSPS) is 33.4. The van der Waals surface area contributed by atoms with Gasteiger partial charge in [0.25, 0.3) is 0 Å². The topological polar surface area (TPSA) is 55.8 Å². The lowest BCUT2D eigenvalue weighted by Crippen LogP contribution is -2.62. The van der Waals surface area contributed by atoms with Crippen LogP contribution in [0, 0.1) is 0 Å². The second-order valence-corrected chi connectivity index (χ2v) is 5.40. The highest BCUT2D eigenvalue weighted by Gasteiger charge is 2.43. The number of ether oxygens (including phenoxy) is 2. The van der Waals surface area contributed by atoms with Crippen molar-refractivity contribution in [1.29, 1.82) is 0 Å². The van der Waals surface area contributed by atoms with E-state index in [0.717, 1.165) is 17.6 Å². The molecule has 0 radical (unpaired) electrons. The van der Waals surface area contributed by atoms with E-state index in [1.807, 2.05) is 6.92 Å². The molecule has 1 fully saturated rings. The van der Waals surface area contributed by atoms with Crippen LogP contribution in [0.1, 0.15) is 13.3 Å². The number of quaternary nitrogens is 1. The number of aliphatic hydroxyl groups is 1. The molecule has 0 aromatic carbocycles. The number of nitrogens with zero attached hydrogens (tertiary/aromatic N) is 1. The van der Waals surface area contributed by atoms with Crippen LogP contribution in [-0.2, 0) is 14.3 Å². The van der Waals surface area contributed by atoms with Gasteiger partial charge in [0.1, 0.15) is 24.8 Å². The Kier molecular flexibility index (Phi) is 3.93. The standard InChI is InChI=1S/C11H22NO4/c1-11(8-13)7-12(2,3)6-9(16-11)5-10(14)15-4/h9,13H,5-8H2,1-4H3/q+1/t9-,11-/m1/s1. The molecule has 0 saturated carbocycles. The summed E-state index contributed by atoms with van der Waals surface area (Å²) < 4.78 is 11.1. The van der Waals surface area contributed by atoms with Crippen molar-refractivity contribution in [3.05, 3.63) is 0 Å². The molecule has 0 aromatic rings. The van der Waals surface area contributed by atoms with E-state index in [1.165, 1.54) is 7.11 Å². The van der Waals surface area contributed by atoms with E-state index >= 15 is 0 Å². The number of likely N-dealkylation sites (N-methyl/N-ethyl adjacent to an activating group) is 1. The van der Waals surface area contributed by atoms with Gasteiger partial charge in [-0.25, -0.2) is 0 Å². The molecule has 0 bridgehead atoms. The van der Waals surface area contributed by atoms with E-state index in [0.29, 0.717) is 0 Å². The molecule has 94 valence electrons. The summed E-state index contributed by atoms with van der Waals surface area (Å²) in [6.45, 7) is 3.33. The predicted octanol–water partition coefficient (Wildman–Crippen LogP) is -0.224. The summed E-state index contributed by atoms with van der Waals surface area (Å²) in [5.74, 6) is -0.271. The average Bonchev–Trinajstić information content (AvgIpc) is 2.14. The number of hydrogen-bond acceptors (Lipinski definition) is 4.